The molecule has 5 heteroatoms. The van der Waals surface area contributed by atoms with Crippen LogP contribution < -0.4 is 5.32 Å². The number of nitrogens with zero attached hydrogens (tertiary/aromatic N) is 1. The van der Waals surface area contributed by atoms with Crippen LogP contribution in [0.3, 0.4) is 0 Å². The number of hydrogen-bond donors (Lipinski definition) is 1. The molecule has 0 radical (unpaired) electrons. The van der Waals surface area contributed by atoms with Gasteiger partial charge in [0.25, 0.3) is 11.8 Å². The van der Waals surface area contributed by atoms with Crippen LogP contribution >= 0.6 is 0 Å². The van der Waals surface area contributed by atoms with Crippen LogP contribution in [0.15, 0.2) is 48.2 Å². The molecule has 0 aromatic heterocycles. The largest absolute Gasteiger partial charge is 0.385 e. The number of benzene rings is 2. The van der Waals surface area contributed by atoms with Crippen molar-refractivity contribution in [2.45, 2.75) is 27.2 Å². The van der Waals surface area contributed by atoms with E-state index in [0.29, 0.717) is 30.8 Å². The van der Waals surface area contributed by atoms with Gasteiger partial charge in [0.05, 0.1) is 5.57 Å². The predicted octanol–water partition coefficient (Wildman–Crippen LogP) is 3.84. The second-order valence-electron chi connectivity index (χ2n) is 7.17. The lowest BCUT2D eigenvalue weighted by atomic mass is 9.97. The van der Waals surface area contributed by atoms with Gasteiger partial charge in [-0.1, -0.05) is 41.5 Å². The molecule has 0 aliphatic carbocycles. The van der Waals surface area contributed by atoms with E-state index >= 15 is 0 Å². The molecule has 2 amide bonds. The van der Waals surface area contributed by atoms with Gasteiger partial charge in [0.15, 0.2) is 0 Å². The molecule has 0 atom stereocenters. The van der Waals surface area contributed by atoms with E-state index in [1.165, 1.54) is 4.90 Å². The maximum absolute atomic E-state index is 13.2. The Morgan fingerprint density at radius 3 is 2.25 bits per heavy atom. The van der Waals surface area contributed by atoms with E-state index in [1.807, 2.05) is 63.2 Å². The summed E-state index contributed by atoms with van der Waals surface area (Å²) in [4.78, 5) is 27.6. The number of methoxy groups -OCH3 is 1. The van der Waals surface area contributed by atoms with Crippen LogP contribution in [0.5, 0.6) is 0 Å². The first-order valence-electron chi connectivity index (χ1n) is 9.43. The first kappa shape index (κ1) is 19.8. The lowest BCUT2D eigenvalue weighted by Crippen LogP contribution is -2.34. The molecular formula is C23H26N2O3. The second-order valence-corrected chi connectivity index (χ2v) is 7.17. The normalized spacial score (nSPS) is 14.2. The Morgan fingerprint density at radius 1 is 0.929 bits per heavy atom. The Kier molecular flexibility index (Phi) is 5.95. The van der Waals surface area contributed by atoms with Gasteiger partial charge < -0.3 is 10.1 Å². The van der Waals surface area contributed by atoms with Gasteiger partial charge in [-0.2, -0.15) is 0 Å². The number of imide groups is 1. The standard InChI is InChI=1S/C23H26N2O3/c1-15-6-9-18(10-7-15)24-21-20(19-11-8-16(2)14-17(19)3)22(26)25(23(21)27)12-5-13-28-4/h6-11,14,24H,5,12-13H2,1-4H3. The van der Waals surface area contributed by atoms with Crippen molar-refractivity contribution < 1.29 is 14.3 Å². The Hall–Kier alpha value is -2.92. The first-order chi connectivity index (χ1) is 13.4. The summed E-state index contributed by atoms with van der Waals surface area (Å²) in [5.74, 6) is -0.556. The molecule has 0 spiro atoms. The van der Waals surface area contributed by atoms with Crippen LogP contribution in [-0.2, 0) is 14.3 Å². The quantitative estimate of drug-likeness (QED) is 0.587. The van der Waals surface area contributed by atoms with Crippen molar-refractivity contribution in [2.24, 2.45) is 0 Å². The van der Waals surface area contributed by atoms with Crippen molar-refractivity contribution in [1.82, 2.24) is 4.90 Å². The Labute approximate surface area is 166 Å². The number of rotatable bonds is 7. The molecule has 2 aromatic carbocycles. The number of amides is 2. The fourth-order valence-electron chi connectivity index (χ4n) is 3.39. The van der Waals surface area contributed by atoms with Gasteiger partial charge in [0, 0.05) is 25.9 Å². The summed E-state index contributed by atoms with van der Waals surface area (Å²) in [5.41, 5.74) is 5.54. The highest BCUT2D eigenvalue weighted by Gasteiger charge is 2.39. The summed E-state index contributed by atoms with van der Waals surface area (Å²) in [7, 11) is 1.61. The molecule has 1 aliphatic rings. The Balaban J connectivity index is 2.03. The Morgan fingerprint density at radius 2 is 1.61 bits per heavy atom. The third-order valence-electron chi connectivity index (χ3n) is 4.87. The summed E-state index contributed by atoms with van der Waals surface area (Å²) >= 11 is 0. The van der Waals surface area contributed by atoms with Crippen molar-refractivity contribution in [3.05, 3.63) is 70.4 Å². The fraction of sp³-hybridized carbons (Fsp3) is 0.304. The van der Waals surface area contributed by atoms with Gasteiger partial charge in [0.1, 0.15) is 5.70 Å². The minimum absolute atomic E-state index is 0.261. The van der Waals surface area contributed by atoms with E-state index in [1.54, 1.807) is 7.11 Å². The number of nitrogens with one attached hydrogen (secondary N) is 1. The van der Waals surface area contributed by atoms with Crippen LogP contribution in [0, 0.1) is 20.8 Å². The molecule has 0 saturated heterocycles. The topological polar surface area (TPSA) is 58.6 Å². The molecule has 1 aliphatic heterocycles. The summed E-state index contributed by atoms with van der Waals surface area (Å²) < 4.78 is 5.07. The predicted molar refractivity (Wildman–Crippen MR) is 111 cm³/mol. The maximum Gasteiger partial charge on any atom is 0.278 e. The molecule has 0 fully saturated rings. The van der Waals surface area contributed by atoms with Crippen LogP contribution in [0.1, 0.15) is 28.7 Å². The van der Waals surface area contributed by atoms with E-state index in [-0.39, 0.29) is 11.8 Å². The molecule has 146 valence electrons. The van der Waals surface area contributed by atoms with Crippen molar-refractivity contribution in [2.75, 3.05) is 25.6 Å². The van der Waals surface area contributed by atoms with Gasteiger partial charge in [-0.05, 0) is 50.5 Å². The maximum atomic E-state index is 13.2. The van der Waals surface area contributed by atoms with E-state index in [9.17, 15) is 9.59 Å². The van der Waals surface area contributed by atoms with Crippen molar-refractivity contribution in [1.29, 1.82) is 0 Å². The zero-order chi connectivity index (χ0) is 20.3. The molecule has 1 N–H and O–H groups in total. The highest BCUT2D eigenvalue weighted by Crippen LogP contribution is 2.32. The van der Waals surface area contributed by atoms with Gasteiger partial charge >= 0.3 is 0 Å². The van der Waals surface area contributed by atoms with Gasteiger partial charge in [-0.25, -0.2) is 0 Å². The number of carbonyl (C=O) groups excluding carboxylic acids is 2. The molecule has 2 aromatic rings. The number of carbonyl (C=O) groups is 2. The third-order valence-corrected chi connectivity index (χ3v) is 4.87. The summed E-state index contributed by atoms with van der Waals surface area (Å²) in [6.07, 6.45) is 0.603. The Bertz CT molecular complexity index is 929. The smallest absolute Gasteiger partial charge is 0.278 e. The van der Waals surface area contributed by atoms with Crippen LogP contribution in [-0.4, -0.2) is 37.0 Å². The highest BCUT2D eigenvalue weighted by molar-refractivity contribution is 6.36. The van der Waals surface area contributed by atoms with Crippen LogP contribution in [0.25, 0.3) is 5.57 Å². The average Bonchev–Trinajstić information content (AvgIpc) is 2.88. The summed E-state index contributed by atoms with van der Waals surface area (Å²) in [6.45, 7) is 6.81. The highest BCUT2D eigenvalue weighted by atomic mass is 16.5. The monoisotopic (exact) mass is 378 g/mol. The van der Waals surface area contributed by atoms with E-state index in [4.69, 9.17) is 4.74 Å². The zero-order valence-electron chi connectivity index (χ0n) is 16.8. The van der Waals surface area contributed by atoms with Crippen molar-refractivity contribution >= 4 is 23.1 Å². The number of ether oxygens (including phenoxy) is 1. The van der Waals surface area contributed by atoms with E-state index in [2.05, 4.69) is 5.32 Å². The van der Waals surface area contributed by atoms with Gasteiger partial charge in [-0.15, -0.1) is 0 Å². The molecule has 0 saturated carbocycles. The lowest BCUT2D eigenvalue weighted by Gasteiger charge is -2.15. The first-order valence-corrected chi connectivity index (χ1v) is 9.43. The number of hydrogen-bond acceptors (Lipinski definition) is 4. The minimum Gasteiger partial charge on any atom is -0.385 e. The molecule has 0 bridgehead atoms. The second kappa shape index (κ2) is 8.40. The zero-order valence-corrected chi connectivity index (χ0v) is 16.8. The minimum atomic E-state index is -0.295. The molecule has 0 unspecified atom stereocenters. The lowest BCUT2D eigenvalue weighted by molar-refractivity contribution is -0.136. The van der Waals surface area contributed by atoms with Crippen LogP contribution in [0.2, 0.25) is 0 Å². The molecule has 1 heterocycles. The fourth-order valence-corrected chi connectivity index (χ4v) is 3.39. The number of anilines is 1. The summed E-state index contributed by atoms with van der Waals surface area (Å²) in [6, 6.07) is 13.7. The van der Waals surface area contributed by atoms with E-state index < -0.39 is 0 Å². The third kappa shape index (κ3) is 3.99. The molecule has 28 heavy (non-hydrogen) atoms. The van der Waals surface area contributed by atoms with Gasteiger partial charge in [0.2, 0.25) is 0 Å². The van der Waals surface area contributed by atoms with Gasteiger partial charge in [-0.3, -0.25) is 14.5 Å². The van der Waals surface area contributed by atoms with Crippen molar-refractivity contribution in [3.8, 4) is 0 Å². The number of aryl methyl sites for hydroxylation is 3. The molecular weight excluding hydrogens is 352 g/mol. The van der Waals surface area contributed by atoms with Crippen molar-refractivity contribution in [3.63, 3.8) is 0 Å². The SMILES string of the molecule is COCCCN1C(=O)C(Nc2ccc(C)cc2)=C(c2ccc(C)cc2C)C1=O. The van der Waals surface area contributed by atoms with Crippen LogP contribution in [0.4, 0.5) is 5.69 Å². The average molecular weight is 378 g/mol. The molecule has 5 nitrogen and oxygen atoms in total. The van der Waals surface area contributed by atoms with E-state index in [0.717, 1.165) is 27.9 Å². The summed E-state index contributed by atoms with van der Waals surface area (Å²) in [5, 5.41) is 3.20. The molecule has 3 rings (SSSR count).